The summed E-state index contributed by atoms with van der Waals surface area (Å²) in [5.41, 5.74) is 0.0662. The molecule has 0 aliphatic rings. The Morgan fingerprint density at radius 1 is 1.47 bits per heavy atom. The molecule has 1 N–H and O–H groups in total. The van der Waals surface area contributed by atoms with Gasteiger partial charge in [-0.2, -0.15) is 0 Å². The maximum Gasteiger partial charge on any atom is 0.261 e. The molecule has 4 heteroatoms. The molecule has 0 bridgehead atoms. The van der Waals surface area contributed by atoms with E-state index in [1.165, 1.54) is 11.3 Å². The van der Waals surface area contributed by atoms with Crippen molar-refractivity contribution in [3.05, 3.63) is 21.3 Å². The van der Waals surface area contributed by atoms with Crippen LogP contribution in [-0.4, -0.2) is 11.9 Å². The first-order chi connectivity index (χ1) is 6.80. The number of thiophene rings is 1. The van der Waals surface area contributed by atoms with Gasteiger partial charge in [-0.15, -0.1) is 11.3 Å². The van der Waals surface area contributed by atoms with Gasteiger partial charge in [-0.1, -0.05) is 32.4 Å². The molecular formula is C11H16ClNOS. The molecule has 0 radical (unpaired) electrons. The lowest BCUT2D eigenvalue weighted by molar-refractivity contribution is 0.0914. The van der Waals surface area contributed by atoms with Crippen molar-refractivity contribution in [3.63, 3.8) is 0 Å². The van der Waals surface area contributed by atoms with Gasteiger partial charge >= 0.3 is 0 Å². The van der Waals surface area contributed by atoms with Crippen molar-refractivity contribution in [1.29, 1.82) is 0 Å². The topological polar surface area (TPSA) is 29.1 Å². The number of hydrogen-bond acceptors (Lipinski definition) is 2. The predicted molar refractivity (Wildman–Crippen MR) is 65.7 cm³/mol. The molecule has 0 aliphatic heterocycles. The van der Waals surface area contributed by atoms with Gasteiger partial charge in [-0.3, -0.25) is 4.79 Å². The van der Waals surface area contributed by atoms with Gasteiger partial charge in [-0.25, -0.2) is 0 Å². The van der Waals surface area contributed by atoms with Crippen LogP contribution in [0.5, 0.6) is 0 Å². The monoisotopic (exact) mass is 245 g/mol. The lowest BCUT2D eigenvalue weighted by atomic mass is 9.88. The Bertz CT molecular complexity index is 354. The van der Waals surface area contributed by atoms with Gasteiger partial charge in [-0.05, 0) is 24.5 Å². The predicted octanol–water partition coefficient (Wildman–Crippen LogP) is 3.57. The minimum Gasteiger partial charge on any atom is -0.348 e. The van der Waals surface area contributed by atoms with E-state index in [2.05, 4.69) is 26.1 Å². The van der Waals surface area contributed by atoms with E-state index in [-0.39, 0.29) is 17.4 Å². The highest BCUT2D eigenvalue weighted by Gasteiger charge is 2.22. The average molecular weight is 246 g/mol. The lowest BCUT2D eigenvalue weighted by Gasteiger charge is -2.27. The van der Waals surface area contributed by atoms with E-state index in [1.54, 1.807) is 12.1 Å². The molecule has 2 nitrogen and oxygen atoms in total. The first-order valence-electron chi connectivity index (χ1n) is 4.87. The normalized spacial score (nSPS) is 13.7. The summed E-state index contributed by atoms with van der Waals surface area (Å²) in [6.07, 6.45) is 0. The zero-order valence-corrected chi connectivity index (χ0v) is 11.0. The number of rotatable bonds is 2. The third kappa shape index (κ3) is 3.50. The van der Waals surface area contributed by atoms with Crippen molar-refractivity contribution in [3.8, 4) is 0 Å². The van der Waals surface area contributed by atoms with Gasteiger partial charge in [0, 0.05) is 6.04 Å². The van der Waals surface area contributed by atoms with Gasteiger partial charge in [0.25, 0.3) is 5.91 Å². The van der Waals surface area contributed by atoms with Crippen molar-refractivity contribution in [1.82, 2.24) is 5.32 Å². The molecule has 0 aromatic carbocycles. The Morgan fingerprint density at radius 3 is 2.47 bits per heavy atom. The zero-order chi connectivity index (χ0) is 11.6. The Kier molecular flexibility index (Phi) is 3.79. The summed E-state index contributed by atoms with van der Waals surface area (Å²) in [6, 6.07) is 3.62. The third-order valence-corrected chi connectivity index (χ3v) is 3.67. The first kappa shape index (κ1) is 12.5. The van der Waals surface area contributed by atoms with E-state index in [0.717, 1.165) is 0 Å². The molecule has 0 saturated carbocycles. The van der Waals surface area contributed by atoms with Crippen LogP contribution in [0.1, 0.15) is 37.4 Å². The van der Waals surface area contributed by atoms with E-state index in [4.69, 9.17) is 11.6 Å². The molecule has 1 aromatic heterocycles. The zero-order valence-electron chi connectivity index (χ0n) is 9.43. The molecular weight excluding hydrogens is 230 g/mol. The number of nitrogens with one attached hydrogen (secondary N) is 1. The Hall–Kier alpha value is -0.540. The molecule has 1 heterocycles. The van der Waals surface area contributed by atoms with Crippen molar-refractivity contribution < 1.29 is 4.79 Å². The molecule has 84 valence electrons. The van der Waals surface area contributed by atoms with E-state index in [1.807, 2.05) is 6.92 Å². The van der Waals surface area contributed by atoms with E-state index in [9.17, 15) is 4.79 Å². The van der Waals surface area contributed by atoms with Crippen LogP contribution < -0.4 is 5.32 Å². The van der Waals surface area contributed by atoms with Gasteiger partial charge in [0.1, 0.15) is 0 Å². The van der Waals surface area contributed by atoms with E-state index in [0.29, 0.717) is 9.21 Å². The molecule has 1 amide bonds. The van der Waals surface area contributed by atoms with Crippen molar-refractivity contribution in [2.24, 2.45) is 5.41 Å². The van der Waals surface area contributed by atoms with Crippen LogP contribution in [0.3, 0.4) is 0 Å². The molecule has 0 unspecified atom stereocenters. The highest BCUT2D eigenvalue weighted by molar-refractivity contribution is 7.17. The SMILES string of the molecule is C[C@H](NC(=O)c1ccc(Cl)s1)C(C)(C)C. The second kappa shape index (κ2) is 4.54. The second-order valence-electron chi connectivity index (χ2n) is 4.66. The highest BCUT2D eigenvalue weighted by Crippen LogP contribution is 2.23. The smallest absolute Gasteiger partial charge is 0.261 e. The fourth-order valence-corrected chi connectivity index (χ4v) is 1.87. The van der Waals surface area contributed by atoms with Crippen molar-refractivity contribution in [2.75, 3.05) is 0 Å². The number of halogens is 1. The minimum absolute atomic E-state index is 0.0469. The Balaban J connectivity index is 2.64. The number of amides is 1. The summed E-state index contributed by atoms with van der Waals surface area (Å²) in [7, 11) is 0. The summed E-state index contributed by atoms with van der Waals surface area (Å²) >= 11 is 7.07. The van der Waals surface area contributed by atoms with Gasteiger partial charge < -0.3 is 5.32 Å². The van der Waals surface area contributed by atoms with Crippen molar-refractivity contribution in [2.45, 2.75) is 33.7 Å². The maximum absolute atomic E-state index is 11.8. The number of carbonyl (C=O) groups excluding carboxylic acids is 1. The van der Waals surface area contributed by atoms with Gasteiger partial charge in [0.2, 0.25) is 0 Å². The highest BCUT2D eigenvalue weighted by atomic mass is 35.5. The maximum atomic E-state index is 11.8. The van der Waals surface area contributed by atoms with E-state index < -0.39 is 0 Å². The number of carbonyl (C=O) groups is 1. The molecule has 0 fully saturated rings. The second-order valence-corrected chi connectivity index (χ2v) is 6.38. The summed E-state index contributed by atoms with van der Waals surface area (Å²) in [5, 5.41) is 2.96. The summed E-state index contributed by atoms with van der Waals surface area (Å²) < 4.78 is 0.642. The van der Waals surface area contributed by atoms with Crippen LogP contribution in [0.4, 0.5) is 0 Å². The summed E-state index contributed by atoms with van der Waals surface area (Å²) in [4.78, 5) is 12.4. The van der Waals surface area contributed by atoms with Crippen LogP contribution in [0.25, 0.3) is 0 Å². The molecule has 0 spiro atoms. The quantitative estimate of drug-likeness (QED) is 0.848. The standard InChI is InChI=1S/C11H16ClNOS/c1-7(11(2,3)4)13-10(14)8-5-6-9(12)15-8/h5-7H,1-4H3,(H,13,14)/t7-/m0/s1. The van der Waals surface area contributed by atoms with E-state index >= 15 is 0 Å². The molecule has 15 heavy (non-hydrogen) atoms. The number of hydrogen-bond donors (Lipinski definition) is 1. The fourth-order valence-electron chi connectivity index (χ4n) is 0.921. The first-order valence-corrected chi connectivity index (χ1v) is 6.06. The Morgan fingerprint density at radius 2 is 2.07 bits per heavy atom. The van der Waals surface area contributed by atoms with Crippen molar-refractivity contribution >= 4 is 28.8 Å². The lowest BCUT2D eigenvalue weighted by Crippen LogP contribution is -2.41. The molecule has 0 saturated heterocycles. The van der Waals surface area contributed by atoms with Crippen LogP contribution in [0.15, 0.2) is 12.1 Å². The molecule has 1 aromatic rings. The Labute approximate surface area is 99.6 Å². The van der Waals surface area contributed by atoms with Gasteiger partial charge in [0.05, 0.1) is 9.21 Å². The van der Waals surface area contributed by atoms with Gasteiger partial charge in [0.15, 0.2) is 0 Å². The molecule has 0 aliphatic carbocycles. The average Bonchev–Trinajstić information content (AvgIpc) is 2.50. The molecule has 1 atom stereocenters. The molecule has 1 rings (SSSR count). The summed E-state index contributed by atoms with van der Waals surface area (Å²) in [6.45, 7) is 8.30. The third-order valence-electron chi connectivity index (χ3n) is 2.44. The largest absolute Gasteiger partial charge is 0.348 e. The summed E-state index contributed by atoms with van der Waals surface area (Å²) in [5.74, 6) is -0.0469. The fraction of sp³-hybridized carbons (Fsp3) is 0.545. The van der Waals surface area contributed by atoms with Crippen LogP contribution in [0, 0.1) is 5.41 Å². The minimum atomic E-state index is -0.0469. The van der Waals surface area contributed by atoms with Crippen LogP contribution in [-0.2, 0) is 0 Å². The van der Waals surface area contributed by atoms with Crippen LogP contribution >= 0.6 is 22.9 Å². The van der Waals surface area contributed by atoms with Crippen LogP contribution in [0.2, 0.25) is 4.34 Å².